The normalized spacial score (nSPS) is 11.8. The zero-order valence-electron chi connectivity index (χ0n) is 8.01. The highest BCUT2D eigenvalue weighted by molar-refractivity contribution is 5.94. The molecule has 0 aliphatic rings. The molecule has 0 spiro atoms. The Balaban J connectivity index is 2.75. The van der Waals surface area contributed by atoms with Crippen LogP contribution in [0.1, 0.15) is 10.5 Å². The summed E-state index contributed by atoms with van der Waals surface area (Å²) >= 11 is 0. The van der Waals surface area contributed by atoms with Crippen LogP contribution in [-0.4, -0.2) is 44.9 Å². The molecule has 1 aromatic heterocycles. The van der Waals surface area contributed by atoms with E-state index in [0.717, 1.165) is 12.1 Å². The predicted molar refractivity (Wildman–Crippen MR) is 50.8 cm³/mol. The quantitative estimate of drug-likeness (QED) is 0.467. The van der Waals surface area contributed by atoms with Crippen LogP contribution in [0.15, 0.2) is 16.9 Å². The molecule has 0 unspecified atom stereocenters. The van der Waals surface area contributed by atoms with Crippen LogP contribution < -0.4 is 10.9 Å². The summed E-state index contributed by atoms with van der Waals surface area (Å²) in [6, 6.07) is 0.822. The summed E-state index contributed by atoms with van der Waals surface area (Å²) in [6.07, 6.45) is 0. The fourth-order valence-electron chi connectivity index (χ4n) is 0.889. The maximum Gasteiger partial charge on any atom is 0.328 e. The van der Waals surface area contributed by atoms with Crippen molar-refractivity contribution in [1.82, 2.24) is 15.5 Å². The Morgan fingerprint density at radius 2 is 2.19 bits per heavy atom. The number of carboxylic acid groups (broad SMARTS) is 1. The minimum absolute atomic E-state index is 0.140. The fraction of sp³-hybridized carbons (Fsp3) is 0.250. The molecular weight excluding hydrogens is 218 g/mol. The van der Waals surface area contributed by atoms with Gasteiger partial charge in [0.25, 0.3) is 11.5 Å². The minimum Gasteiger partial charge on any atom is -0.480 e. The highest BCUT2D eigenvalue weighted by Crippen LogP contribution is 1.91. The van der Waals surface area contributed by atoms with E-state index < -0.39 is 30.1 Å². The van der Waals surface area contributed by atoms with Crippen molar-refractivity contribution >= 4 is 11.9 Å². The molecule has 0 aliphatic heterocycles. The number of hydrogen-bond donors (Lipinski definition) is 4. The predicted octanol–water partition coefficient (Wildman–Crippen LogP) is -2.05. The van der Waals surface area contributed by atoms with E-state index in [1.807, 2.05) is 10.4 Å². The van der Waals surface area contributed by atoms with Gasteiger partial charge in [-0.15, -0.1) is 0 Å². The molecule has 0 aliphatic carbocycles. The van der Waals surface area contributed by atoms with E-state index in [9.17, 15) is 14.4 Å². The highest BCUT2D eigenvalue weighted by atomic mass is 16.4. The number of aliphatic hydroxyl groups excluding tert-OH is 1. The third kappa shape index (κ3) is 2.89. The summed E-state index contributed by atoms with van der Waals surface area (Å²) in [5.74, 6) is -2.15. The van der Waals surface area contributed by atoms with E-state index in [1.54, 1.807) is 0 Å². The number of amides is 1. The van der Waals surface area contributed by atoms with Crippen LogP contribution in [0, 0.1) is 0 Å². The first-order valence-electron chi connectivity index (χ1n) is 4.25. The van der Waals surface area contributed by atoms with Gasteiger partial charge in [0.05, 0.1) is 6.61 Å². The van der Waals surface area contributed by atoms with E-state index in [0.29, 0.717) is 0 Å². The zero-order valence-corrected chi connectivity index (χ0v) is 8.01. The number of aliphatic carboxylic acids is 1. The number of aliphatic hydroxyl groups is 1. The molecule has 0 aromatic carbocycles. The number of nitrogens with zero attached hydrogens (tertiary/aromatic N) is 1. The zero-order chi connectivity index (χ0) is 12.1. The summed E-state index contributed by atoms with van der Waals surface area (Å²) in [5.41, 5.74) is -0.618. The van der Waals surface area contributed by atoms with E-state index in [-0.39, 0.29) is 5.69 Å². The number of aromatic amines is 1. The molecule has 8 nitrogen and oxygen atoms in total. The average Bonchev–Trinajstić information content (AvgIpc) is 2.26. The summed E-state index contributed by atoms with van der Waals surface area (Å²) in [4.78, 5) is 32.5. The number of carbonyl (C=O) groups is 2. The van der Waals surface area contributed by atoms with Crippen molar-refractivity contribution in [3.63, 3.8) is 0 Å². The first kappa shape index (κ1) is 11.9. The molecule has 1 rings (SSSR count). The highest BCUT2D eigenvalue weighted by Gasteiger charge is 2.20. The Morgan fingerprint density at radius 3 is 2.62 bits per heavy atom. The number of H-pyrrole nitrogens is 1. The monoisotopic (exact) mass is 227 g/mol. The Morgan fingerprint density at radius 1 is 1.50 bits per heavy atom. The molecular formula is C8H9N3O5. The van der Waals surface area contributed by atoms with Crippen LogP contribution in [0.4, 0.5) is 0 Å². The van der Waals surface area contributed by atoms with E-state index in [4.69, 9.17) is 10.2 Å². The number of rotatable bonds is 4. The maximum atomic E-state index is 11.4. The minimum atomic E-state index is -1.40. The van der Waals surface area contributed by atoms with Crippen molar-refractivity contribution in [2.24, 2.45) is 0 Å². The second kappa shape index (κ2) is 5.03. The van der Waals surface area contributed by atoms with Gasteiger partial charge < -0.3 is 15.5 Å². The molecule has 1 heterocycles. The lowest BCUT2D eigenvalue weighted by atomic mass is 10.3. The summed E-state index contributed by atoms with van der Waals surface area (Å²) in [7, 11) is 0. The van der Waals surface area contributed by atoms with Crippen molar-refractivity contribution in [1.29, 1.82) is 0 Å². The van der Waals surface area contributed by atoms with Crippen molar-refractivity contribution in [2.75, 3.05) is 6.61 Å². The van der Waals surface area contributed by atoms with Gasteiger partial charge in [0, 0.05) is 6.07 Å². The second-order valence-electron chi connectivity index (χ2n) is 2.85. The van der Waals surface area contributed by atoms with Crippen LogP contribution in [0.5, 0.6) is 0 Å². The van der Waals surface area contributed by atoms with E-state index >= 15 is 0 Å². The van der Waals surface area contributed by atoms with Crippen LogP contribution in [-0.2, 0) is 4.79 Å². The van der Waals surface area contributed by atoms with E-state index in [2.05, 4.69) is 5.10 Å². The van der Waals surface area contributed by atoms with Gasteiger partial charge in [-0.3, -0.25) is 9.59 Å². The summed E-state index contributed by atoms with van der Waals surface area (Å²) in [5, 5.41) is 24.7. The van der Waals surface area contributed by atoms with Crippen LogP contribution >= 0.6 is 0 Å². The van der Waals surface area contributed by atoms with Gasteiger partial charge in [-0.1, -0.05) is 0 Å². The number of nitrogens with one attached hydrogen (secondary N) is 2. The molecule has 1 aromatic rings. The first-order chi connectivity index (χ1) is 7.54. The van der Waals surface area contributed by atoms with Gasteiger partial charge in [0.2, 0.25) is 0 Å². The molecule has 1 atom stereocenters. The first-order valence-corrected chi connectivity index (χ1v) is 4.25. The lowest BCUT2D eigenvalue weighted by Gasteiger charge is -2.10. The van der Waals surface area contributed by atoms with Crippen LogP contribution in [0.25, 0.3) is 0 Å². The maximum absolute atomic E-state index is 11.4. The van der Waals surface area contributed by atoms with Crippen molar-refractivity contribution in [3.8, 4) is 0 Å². The van der Waals surface area contributed by atoms with Gasteiger partial charge in [-0.05, 0) is 6.07 Å². The number of carboxylic acids is 1. The average molecular weight is 227 g/mol. The SMILES string of the molecule is O=C(N[C@@H](CO)C(=O)O)c1ccc(=O)[nH]n1. The van der Waals surface area contributed by atoms with Crippen LogP contribution in [0.3, 0.4) is 0 Å². The Hall–Kier alpha value is -2.22. The van der Waals surface area contributed by atoms with E-state index in [1.165, 1.54) is 0 Å². The molecule has 0 fully saturated rings. The Kier molecular flexibility index (Phi) is 3.72. The second-order valence-corrected chi connectivity index (χ2v) is 2.85. The molecule has 0 saturated heterocycles. The topological polar surface area (TPSA) is 132 Å². The van der Waals surface area contributed by atoms with Gasteiger partial charge in [-0.25, -0.2) is 9.89 Å². The smallest absolute Gasteiger partial charge is 0.328 e. The lowest BCUT2D eigenvalue weighted by Crippen LogP contribution is -2.43. The molecule has 4 N–H and O–H groups in total. The molecule has 0 radical (unpaired) electrons. The molecule has 1 amide bonds. The lowest BCUT2D eigenvalue weighted by molar-refractivity contribution is -0.140. The van der Waals surface area contributed by atoms with Crippen molar-refractivity contribution in [3.05, 3.63) is 28.2 Å². The van der Waals surface area contributed by atoms with Gasteiger partial charge in [0.15, 0.2) is 6.04 Å². The van der Waals surface area contributed by atoms with Crippen molar-refractivity contribution in [2.45, 2.75) is 6.04 Å². The third-order valence-corrected chi connectivity index (χ3v) is 1.70. The Bertz CT molecular complexity index is 435. The third-order valence-electron chi connectivity index (χ3n) is 1.70. The van der Waals surface area contributed by atoms with Gasteiger partial charge >= 0.3 is 5.97 Å². The number of aromatic nitrogens is 2. The summed E-state index contributed by atoms with van der Waals surface area (Å²) in [6.45, 7) is -0.732. The fourth-order valence-corrected chi connectivity index (χ4v) is 0.889. The molecule has 8 heteroatoms. The molecule has 0 bridgehead atoms. The number of hydrogen-bond acceptors (Lipinski definition) is 5. The van der Waals surface area contributed by atoms with Gasteiger partial charge in [-0.2, -0.15) is 5.10 Å². The van der Waals surface area contributed by atoms with Crippen LogP contribution in [0.2, 0.25) is 0 Å². The summed E-state index contributed by atoms with van der Waals surface area (Å²) < 4.78 is 0. The molecule has 16 heavy (non-hydrogen) atoms. The largest absolute Gasteiger partial charge is 0.480 e. The standard InChI is InChI=1S/C8H9N3O5/c12-3-5(8(15)16)9-7(14)4-1-2-6(13)11-10-4/h1-2,5,12H,3H2,(H,9,14)(H,11,13)(H,15,16)/t5-/m0/s1. The number of carbonyl (C=O) groups excluding carboxylic acids is 1. The van der Waals surface area contributed by atoms with Gasteiger partial charge in [0.1, 0.15) is 5.69 Å². The molecule has 86 valence electrons. The molecule has 0 saturated carbocycles. The Labute approximate surface area is 88.9 Å². The van der Waals surface area contributed by atoms with Crippen molar-refractivity contribution < 1.29 is 19.8 Å².